The third-order valence-corrected chi connectivity index (χ3v) is 7.20. The van der Waals surface area contributed by atoms with Gasteiger partial charge in [-0.1, -0.05) is 12.5 Å². The van der Waals surface area contributed by atoms with E-state index in [4.69, 9.17) is 9.47 Å². The summed E-state index contributed by atoms with van der Waals surface area (Å²) < 4.78 is 38.5. The molecule has 5 nitrogen and oxygen atoms in total. The first kappa shape index (κ1) is 16.7. The lowest BCUT2D eigenvalue weighted by Crippen LogP contribution is -2.49. The van der Waals surface area contributed by atoms with Gasteiger partial charge in [0.15, 0.2) is 0 Å². The highest BCUT2D eigenvalue weighted by Gasteiger charge is 2.48. The zero-order chi connectivity index (χ0) is 16.5. The van der Waals surface area contributed by atoms with E-state index in [9.17, 15) is 8.42 Å². The molecule has 1 aliphatic heterocycles. The van der Waals surface area contributed by atoms with Crippen molar-refractivity contribution in [1.82, 2.24) is 4.31 Å². The summed E-state index contributed by atoms with van der Waals surface area (Å²) in [6, 6.07) is 6.72. The van der Waals surface area contributed by atoms with Crippen LogP contribution in [-0.4, -0.2) is 46.1 Å². The summed E-state index contributed by atoms with van der Waals surface area (Å²) >= 11 is 0. The highest BCUT2D eigenvalue weighted by atomic mass is 32.2. The fourth-order valence-electron chi connectivity index (χ4n) is 4.17. The van der Waals surface area contributed by atoms with Crippen molar-refractivity contribution >= 4 is 10.0 Å². The Kier molecular flexibility index (Phi) is 4.67. The summed E-state index contributed by atoms with van der Waals surface area (Å²) in [5.74, 6) is 0.563. The largest absolute Gasteiger partial charge is 0.497 e. The van der Waals surface area contributed by atoms with Gasteiger partial charge in [0.25, 0.3) is 0 Å². The van der Waals surface area contributed by atoms with Crippen molar-refractivity contribution in [3.8, 4) is 5.75 Å². The predicted octanol–water partition coefficient (Wildman–Crippen LogP) is 2.67. The molecule has 2 aliphatic rings. The van der Waals surface area contributed by atoms with E-state index >= 15 is 0 Å². The average Bonchev–Trinajstić information content (AvgIpc) is 2.96. The monoisotopic (exact) mass is 339 g/mol. The molecule has 1 aromatic carbocycles. The van der Waals surface area contributed by atoms with Gasteiger partial charge in [-0.25, -0.2) is 8.42 Å². The SMILES string of the molecule is COc1cccc(S(=O)(=O)N2CCC[C@@]3(CCC[C@H]3OC)C2)c1. The Morgan fingerprint density at radius 1 is 1.22 bits per heavy atom. The van der Waals surface area contributed by atoms with Crippen LogP contribution in [0.5, 0.6) is 5.75 Å². The van der Waals surface area contributed by atoms with E-state index in [2.05, 4.69) is 0 Å². The maximum atomic E-state index is 13.0. The molecule has 1 saturated carbocycles. The number of rotatable bonds is 4. The van der Waals surface area contributed by atoms with E-state index in [0.29, 0.717) is 23.7 Å². The molecule has 1 heterocycles. The van der Waals surface area contributed by atoms with Crippen molar-refractivity contribution in [2.75, 3.05) is 27.3 Å². The average molecular weight is 339 g/mol. The molecule has 2 atom stereocenters. The zero-order valence-electron chi connectivity index (χ0n) is 13.8. The summed E-state index contributed by atoms with van der Waals surface area (Å²) in [7, 11) is -0.204. The lowest BCUT2D eigenvalue weighted by molar-refractivity contribution is -0.0184. The van der Waals surface area contributed by atoms with Gasteiger partial charge in [-0.2, -0.15) is 4.31 Å². The second-order valence-corrected chi connectivity index (χ2v) is 8.54. The van der Waals surface area contributed by atoms with Crippen LogP contribution in [0.4, 0.5) is 0 Å². The molecular weight excluding hydrogens is 314 g/mol. The molecule has 6 heteroatoms. The molecule has 1 aromatic rings. The van der Waals surface area contributed by atoms with E-state index in [1.807, 2.05) is 0 Å². The number of ether oxygens (including phenoxy) is 2. The summed E-state index contributed by atoms with van der Waals surface area (Å²) in [5.41, 5.74) is -0.0149. The second-order valence-electron chi connectivity index (χ2n) is 6.60. The van der Waals surface area contributed by atoms with Gasteiger partial charge in [0, 0.05) is 31.7 Å². The number of hydrogen-bond acceptors (Lipinski definition) is 4. The molecule has 1 saturated heterocycles. The molecule has 0 N–H and O–H groups in total. The van der Waals surface area contributed by atoms with Crippen LogP contribution in [0.1, 0.15) is 32.1 Å². The normalized spacial score (nSPS) is 29.0. The predicted molar refractivity (Wildman–Crippen MR) is 88.1 cm³/mol. The minimum atomic E-state index is -3.49. The molecule has 0 unspecified atom stereocenters. The van der Waals surface area contributed by atoms with Crippen LogP contribution in [0.3, 0.4) is 0 Å². The third-order valence-electron chi connectivity index (χ3n) is 5.36. The summed E-state index contributed by atoms with van der Waals surface area (Å²) in [5, 5.41) is 0. The van der Waals surface area contributed by atoms with Crippen LogP contribution in [0, 0.1) is 5.41 Å². The molecule has 0 bridgehead atoms. The molecular formula is C17H25NO4S. The Morgan fingerprint density at radius 2 is 2.00 bits per heavy atom. The van der Waals surface area contributed by atoms with Crippen LogP contribution in [-0.2, 0) is 14.8 Å². The topological polar surface area (TPSA) is 55.8 Å². The Bertz CT molecular complexity index is 660. The van der Waals surface area contributed by atoms with Crippen LogP contribution < -0.4 is 4.74 Å². The lowest BCUT2D eigenvalue weighted by Gasteiger charge is -2.43. The quantitative estimate of drug-likeness (QED) is 0.846. The Labute approximate surface area is 138 Å². The van der Waals surface area contributed by atoms with Gasteiger partial charge in [0.05, 0.1) is 18.1 Å². The number of hydrogen-bond donors (Lipinski definition) is 0. The van der Waals surface area contributed by atoms with Crippen molar-refractivity contribution in [3.63, 3.8) is 0 Å². The van der Waals surface area contributed by atoms with Gasteiger partial charge in [0.1, 0.15) is 5.75 Å². The van der Waals surface area contributed by atoms with Crippen LogP contribution in [0.25, 0.3) is 0 Å². The minimum Gasteiger partial charge on any atom is -0.497 e. The van der Waals surface area contributed by atoms with E-state index in [1.165, 1.54) is 0 Å². The van der Waals surface area contributed by atoms with Crippen molar-refractivity contribution in [3.05, 3.63) is 24.3 Å². The first-order valence-electron chi connectivity index (χ1n) is 8.19. The number of sulfonamides is 1. The maximum absolute atomic E-state index is 13.0. The van der Waals surface area contributed by atoms with Gasteiger partial charge >= 0.3 is 0 Å². The second kappa shape index (κ2) is 6.42. The zero-order valence-corrected chi connectivity index (χ0v) is 14.6. The molecule has 1 spiro atoms. The standard InChI is InChI=1S/C17H25NO4S/c1-21-14-6-3-7-15(12-14)23(19,20)18-11-5-10-17(13-18)9-4-8-16(17)22-2/h3,6-7,12,16H,4-5,8-11,13H2,1-2H3/t16-,17+/m1/s1. The number of nitrogens with zero attached hydrogens (tertiary/aromatic N) is 1. The molecule has 0 amide bonds. The summed E-state index contributed by atoms with van der Waals surface area (Å²) in [6.45, 7) is 1.14. The van der Waals surface area contributed by atoms with Gasteiger partial charge < -0.3 is 9.47 Å². The van der Waals surface area contributed by atoms with Crippen LogP contribution >= 0.6 is 0 Å². The van der Waals surface area contributed by atoms with Crippen molar-refractivity contribution in [2.24, 2.45) is 5.41 Å². The van der Waals surface area contributed by atoms with Crippen LogP contribution in [0.15, 0.2) is 29.2 Å². The van der Waals surface area contributed by atoms with E-state index in [1.54, 1.807) is 42.8 Å². The Balaban J connectivity index is 1.88. The van der Waals surface area contributed by atoms with E-state index in [0.717, 1.165) is 32.1 Å². The molecule has 2 fully saturated rings. The van der Waals surface area contributed by atoms with Gasteiger partial charge in [-0.05, 0) is 37.8 Å². The highest BCUT2D eigenvalue weighted by molar-refractivity contribution is 7.89. The third kappa shape index (κ3) is 2.99. The Morgan fingerprint density at radius 3 is 2.74 bits per heavy atom. The fourth-order valence-corrected chi connectivity index (χ4v) is 5.78. The Hall–Kier alpha value is -1.11. The first-order valence-corrected chi connectivity index (χ1v) is 9.63. The summed E-state index contributed by atoms with van der Waals surface area (Å²) in [4.78, 5) is 0.306. The van der Waals surface area contributed by atoms with Crippen molar-refractivity contribution < 1.29 is 17.9 Å². The fraction of sp³-hybridized carbons (Fsp3) is 0.647. The van der Waals surface area contributed by atoms with Gasteiger partial charge in [-0.3, -0.25) is 0 Å². The van der Waals surface area contributed by atoms with Crippen molar-refractivity contribution in [2.45, 2.75) is 43.1 Å². The summed E-state index contributed by atoms with van der Waals surface area (Å²) in [6.07, 6.45) is 5.31. The minimum absolute atomic E-state index is 0.0149. The van der Waals surface area contributed by atoms with E-state index in [-0.39, 0.29) is 11.5 Å². The molecule has 0 aromatic heterocycles. The van der Waals surface area contributed by atoms with Crippen molar-refractivity contribution in [1.29, 1.82) is 0 Å². The van der Waals surface area contributed by atoms with E-state index < -0.39 is 10.0 Å². The van der Waals surface area contributed by atoms with Gasteiger partial charge in [0.2, 0.25) is 10.0 Å². The number of benzene rings is 1. The smallest absolute Gasteiger partial charge is 0.243 e. The molecule has 1 aliphatic carbocycles. The molecule has 0 radical (unpaired) electrons. The lowest BCUT2D eigenvalue weighted by atomic mass is 9.77. The maximum Gasteiger partial charge on any atom is 0.243 e. The highest BCUT2D eigenvalue weighted by Crippen LogP contribution is 2.47. The number of piperidine rings is 1. The first-order chi connectivity index (χ1) is 11.0. The molecule has 128 valence electrons. The van der Waals surface area contributed by atoms with Crippen LogP contribution in [0.2, 0.25) is 0 Å². The van der Waals surface area contributed by atoms with Gasteiger partial charge in [-0.15, -0.1) is 0 Å². The number of methoxy groups -OCH3 is 2. The molecule has 3 rings (SSSR count). The molecule has 23 heavy (non-hydrogen) atoms.